The van der Waals surface area contributed by atoms with E-state index in [9.17, 15) is 9.59 Å². The summed E-state index contributed by atoms with van der Waals surface area (Å²) in [4.78, 5) is 33.7. The largest absolute Gasteiger partial charge is 0.457 e. The third-order valence-electron chi connectivity index (χ3n) is 6.87. The van der Waals surface area contributed by atoms with Crippen molar-refractivity contribution in [2.24, 2.45) is 11.5 Å². The van der Waals surface area contributed by atoms with Crippen molar-refractivity contribution in [3.8, 4) is 22.8 Å². The van der Waals surface area contributed by atoms with Gasteiger partial charge in [-0.25, -0.2) is 19.4 Å². The molecule has 5 rings (SSSR count). The second-order valence-electron chi connectivity index (χ2n) is 9.53. The first-order valence-corrected chi connectivity index (χ1v) is 12.8. The van der Waals surface area contributed by atoms with E-state index in [1.165, 1.54) is 6.33 Å². The van der Waals surface area contributed by atoms with Crippen LogP contribution in [-0.4, -0.2) is 55.6 Å². The lowest BCUT2D eigenvalue weighted by Gasteiger charge is -2.36. The highest BCUT2D eigenvalue weighted by molar-refractivity contribution is 5.98. The third kappa shape index (κ3) is 5.59. The first kappa shape index (κ1) is 25.9. The third-order valence-corrected chi connectivity index (χ3v) is 6.87. The van der Waals surface area contributed by atoms with Crippen LogP contribution in [0.25, 0.3) is 22.3 Å². The number of rotatable bonds is 9. The second-order valence-corrected chi connectivity index (χ2v) is 9.53. The number of para-hydroxylation sites is 1. The number of aromatic nitrogens is 4. The van der Waals surface area contributed by atoms with Crippen LogP contribution in [0.15, 0.2) is 66.6 Å². The minimum Gasteiger partial charge on any atom is -0.457 e. The molecule has 2 aromatic heterocycles. The molecule has 0 spiro atoms. The maximum Gasteiger partial charge on any atom is 0.217 e. The van der Waals surface area contributed by atoms with Gasteiger partial charge in [-0.2, -0.15) is 5.10 Å². The number of primary amides is 1. The molecule has 39 heavy (non-hydrogen) atoms. The summed E-state index contributed by atoms with van der Waals surface area (Å²) in [5.41, 5.74) is 20.3. The molecule has 0 bridgehead atoms. The summed E-state index contributed by atoms with van der Waals surface area (Å²) in [6.07, 6.45) is 3.43. The molecule has 3 heterocycles. The van der Waals surface area contributed by atoms with Crippen molar-refractivity contribution in [2.45, 2.75) is 37.8 Å². The van der Waals surface area contributed by atoms with E-state index < -0.39 is 11.9 Å². The van der Waals surface area contributed by atoms with Gasteiger partial charge in [0.05, 0.1) is 17.5 Å². The van der Waals surface area contributed by atoms with Gasteiger partial charge in [-0.1, -0.05) is 18.2 Å². The standard InChI is InChI=1S/C28H30N8O3/c29-22(12-13-24(30)38)23(16-37)35-14-4-5-19(15-35)36-28-25(27(31)32-17-33-28)26(34-36)18-8-10-21(11-9-18)39-20-6-2-1-3-7-20/h1-3,6-11,17,19,22H,4-5,12-15,29H2,(H2,30,38)(H2,31,32,33)/t19-,22-/m1/s1. The number of fused-ring (bicyclic) bond motifs is 1. The predicted octanol–water partition coefficient (Wildman–Crippen LogP) is 2.81. The Kier molecular flexibility index (Phi) is 7.53. The normalized spacial score (nSPS) is 16.0. The molecular formula is C28H30N8O3. The highest BCUT2D eigenvalue weighted by atomic mass is 16.5. The molecule has 6 N–H and O–H groups in total. The van der Waals surface area contributed by atoms with Gasteiger partial charge in [-0.15, -0.1) is 0 Å². The van der Waals surface area contributed by atoms with Crippen LogP contribution in [0.2, 0.25) is 0 Å². The van der Waals surface area contributed by atoms with Crippen LogP contribution in [0.5, 0.6) is 11.5 Å². The summed E-state index contributed by atoms with van der Waals surface area (Å²) >= 11 is 0. The Bertz CT molecular complexity index is 1510. The molecule has 0 aliphatic carbocycles. The Morgan fingerprint density at radius 2 is 1.85 bits per heavy atom. The van der Waals surface area contributed by atoms with Crippen molar-refractivity contribution < 1.29 is 14.3 Å². The Labute approximate surface area is 225 Å². The van der Waals surface area contributed by atoms with Gasteiger partial charge in [0.25, 0.3) is 0 Å². The van der Waals surface area contributed by atoms with Gasteiger partial charge in [-0.05, 0) is 55.7 Å². The number of nitrogen functional groups attached to an aromatic ring is 1. The van der Waals surface area contributed by atoms with Crippen LogP contribution < -0.4 is 21.9 Å². The van der Waals surface area contributed by atoms with Crippen molar-refractivity contribution in [1.29, 1.82) is 0 Å². The molecule has 2 atom stereocenters. The molecule has 0 saturated carbocycles. The zero-order chi connectivity index (χ0) is 27.4. The first-order chi connectivity index (χ1) is 18.9. The molecule has 1 fully saturated rings. The quantitative estimate of drug-likeness (QED) is 0.278. The number of nitrogens with zero attached hydrogens (tertiary/aromatic N) is 5. The van der Waals surface area contributed by atoms with Gasteiger partial charge in [-0.3, -0.25) is 4.79 Å². The predicted molar refractivity (Wildman–Crippen MR) is 147 cm³/mol. The molecule has 1 saturated heterocycles. The topological polar surface area (TPSA) is 168 Å². The number of amides is 1. The fourth-order valence-corrected chi connectivity index (χ4v) is 4.94. The number of hydrogen-bond acceptors (Lipinski definition) is 9. The molecule has 1 aliphatic heterocycles. The van der Waals surface area contributed by atoms with Crippen molar-refractivity contribution in [1.82, 2.24) is 24.6 Å². The van der Waals surface area contributed by atoms with Gasteiger partial charge in [0.1, 0.15) is 41.0 Å². The van der Waals surface area contributed by atoms with Crippen molar-refractivity contribution >= 4 is 28.7 Å². The van der Waals surface area contributed by atoms with E-state index in [0.29, 0.717) is 47.1 Å². The SMILES string of the molecule is NC(=O)CC[C@@H](N)C(=C=O)N1CCC[C@@H](n2nc(-c3ccc(Oc4ccccc4)cc3)c3c(N)ncnc32)C1. The number of piperidine rings is 1. The maximum absolute atomic E-state index is 11.9. The van der Waals surface area contributed by atoms with Crippen LogP contribution in [0, 0.1) is 0 Å². The molecule has 0 radical (unpaired) electrons. The van der Waals surface area contributed by atoms with Crippen LogP contribution >= 0.6 is 0 Å². The van der Waals surface area contributed by atoms with E-state index in [1.807, 2.05) is 70.1 Å². The zero-order valence-electron chi connectivity index (χ0n) is 21.4. The van der Waals surface area contributed by atoms with Crippen molar-refractivity contribution in [3.05, 3.63) is 66.6 Å². The van der Waals surface area contributed by atoms with E-state index in [4.69, 9.17) is 27.0 Å². The van der Waals surface area contributed by atoms with E-state index in [1.54, 1.807) is 0 Å². The molecule has 1 aliphatic rings. The number of nitrogens with two attached hydrogens (primary N) is 3. The summed E-state index contributed by atoms with van der Waals surface area (Å²) in [7, 11) is 0. The first-order valence-electron chi connectivity index (χ1n) is 12.8. The lowest BCUT2D eigenvalue weighted by Crippen LogP contribution is -2.42. The van der Waals surface area contributed by atoms with E-state index >= 15 is 0 Å². The monoisotopic (exact) mass is 526 g/mol. The number of benzene rings is 2. The molecule has 11 nitrogen and oxygen atoms in total. The maximum atomic E-state index is 11.9. The summed E-state index contributed by atoms with van der Waals surface area (Å²) in [6, 6.07) is 16.4. The molecular weight excluding hydrogens is 496 g/mol. The fourth-order valence-electron chi connectivity index (χ4n) is 4.94. The molecule has 1 amide bonds. The van der Waals surface area contributed by atoms with Crippen molar-refractivity contribution in [3.63, 3.8) is 0 Å². The van der Waals surface area contributed by atoms with Gasteiger partial charge >= 0.3 is 0 Å². The number of ether oxygens (including phenoxy) is 1. The molecule has 11 heteroatoms. The van der Waals surface area contributed by atoms with Crippen LogP contribution in [-0.2, 0) is 9.59 Å². The van der Waals surface area contributed by atoms with Crippen LogP contribution in [0.1, 0.15) is 31.7 Å². The fraction of sp³-hybridized carbons (Fsp3) is 0.286. The van der Waals surface area contributed by atoms with Crippen LogP contribution in [0.3, 0.4) is 0 Å². The molecule has 4 aromatic rings. The second kappa shape index (κ2) is 11.3. The summed E-state index contributed by atoms with van der Waals surface area (Å²) in [5, 5.41) is 5.61. The van der Waals surface area contributed by atoms with E-state index in [0.717, 1.165) is 24.2 Å². The number of anilines is 1. The average molecular weight is 527 g/mol. The Hall–Kier alpha value is -4.73. The number of carbonyl (C=O) groups is 1. The number of likely N-dealkylation sites (tertiary alicyclic amines) is 1. The Morgan fingerprint density at radius 1 is 1.10 bits per heavy atom. The molecule has 0 unspecified atom stereocenters. The van der Waals surface area contributed by atoms with E-state index in [2.05, 4.69) is 9.97 Å². The molecule has 200 valence electrons. The summed E-state index contributed by atoms with van der Waals surface area (Å²) in [6.45, 7) is 1.14. The van der Waals surface area contributed by atoms with Gasteiger partial charge < -0.3 is 26.8 Å². The van der Waals surface area contributed by atoms with Gasteiger partial charge in [0.2, 0.25) is 5.91 Å². The highest BCUT2D eigenvalue weighted by Gasteiger charge is 2.29. The lowest BCUT2D eigenvalue weighted by molar-refractivity contribution is -0.118. The number of carbonyl (C=O) groups excluding carboxylic acids is 2. The lowest BCUT2D eigenvalue weighted by atomic mass is 10.0. The Balaban J connectivity index is 1.43. The average Bonchev–Trinajstić information content (AvgIpc) is 3.35. The highest BCUT2D eigenvalue weighted by Crippen LogP contribution is 2.35. The van der Waals surface area contributed by atoms with Gasteiger partial charge in [0, 0.05) is 25.1 Å². The Morgan fingerprint density at radius 3 is 2.56 bits per heavy atom. The zero-order valence-corrected chi connectivity index (χ0v) is 21.4. The van der Waals surface area contributed by atoms with E-state index in [-0.39, 0.29) is 18.9 Å². The minimum absolute atomic E-state index is 0.0993. The summed E-state index contributed by atoms with van der Waals surface area (Å²) in [5.74, 6) is 3.31. The smallest absolute Gasteiger partial charge is 0.217 e. The van der Waals surface area contributed by atoms with Gasteiger partial charge in [0.15, 0.2) is 5.65 Å². The minimum atomic E-state index is -0.631. The van der Waals surface area contributed by atoms with Crippen molar-refractivity contribution in [2.75, 3.05) is 18.8 Å². The number of hydrogen-bond donors (Lipinski definition) is 3. The summed E-state index contributed by atoms with van der Waals surface area (Å²) < 4.78 is 7.79. The molecule has 2 aromatic carbocycles. The van der Waals surface area contributed by atoms with Crippen LogP contribution in [0.4, 0.5) is 5.82 Å².